The Balaban J connectivity index is 0.00000288. The number of hydrogen-bond acceptors (Lipinski definition) is 2. The molecule has 2 fully saturated rings. The Morgan fingerprint density at radius 2 is 1.79 bits per heavy atom. The fraction of sp³-hybridized carbons (Fsp3) is 0.947. The summed E-state index contributed by atoms with van der Waals surface area (Å²) in [6.45, 7) is 11.1. The highest BCUT2D eigenvalue weighted by atomic mass is 127. The smallest absolute Gasteiger partial charge is 0.191 e. The molecule has 0 aromatic heterocycles. The lowest BCUT2D eigenvalue weighted by atomic mass is 10.0. The summed E-state index contributed by atoms with van der Waals surface area (Å²) < 4.78 is 0. The molecule has 1 aliphatic heterocycles. The monoisotopic (exact) mass is 450 g/mol. The first-order chi connectivity index (χ1) is 11.2. The first-order valence-corrected chi connectivity index (χ1v) is 9.98. The molecule has 1 saturated heterocycles. The van der Waals surface area contributed by atoms with E-state index < -0.39 is 0 Å². The van der Waals surface area contributed by atoms with Crippen molar-refractivity contribution < 1.29 is 0 Å². The van der Waals surface area contributed by atoms with Gasteiger partial charge in [0.1, 0.15) is 0 Å². The van der Waals surface area contributed by atoms with Crippen LogP contribution in [0.2, 0.25) is 0 Å². The molecule has 0 bridgehead atoms. The van der Waals surface area contributed by atoms with Gasteiger partial charge in [0.05, 0.1) is 0 Å². The van der Waals surface area contributed by atoms with E-state index in [0.717, 1.165) is 25.0 Å². The Labute approximate surface area is 166 Å². The normalized spacial score (nSPS) is 21.1. The highest BCUT2D eigenvalue weighted by Gasteiger charge is 2.21. The number of halogens is 1. The van der Waals surface area contributed by atoms with Gasteiger partial charge in [-0.15, -0.1) is 24.0 Å². The number of rotatable bonds is 7. The number of aliphatic imine (C=N–C) groups is 1. The van der Waals surface area contributed by atoms with Crippen LogP contribution in [0.25, 0.3) is 0 Å². The van der Waals surface area contributed by atoms with Gasteiger partial charge in [-0.05, 0) is 52.4 Å². The number of nitrogens with one attached hydrogen (secondary N) is 2. The third-order valence-corrected chi connectivity index (χ3v) is 5.46. The quantitative estimate of drug-likeness (QED) is 0.267. The largest absolute Gasteiger partial charge is 0.357 e. The minimum atomic E-state index is 0. The van der Waals surface area contributed by atoms with Crippen molar-refractivity contribution in [1.82, 2.24) is 15.5 Å². The molecule has 1 saturated carbocycles. The van der Waals surface area contributed by atoms with Crippen LogP contribution in [0.4, 0.5) is 0 Å². The lowest BCUT2D eigenvalue weighted by Gasteiger charge is -2.35. The minimum Gasteiger partial charge on any atom is -0.357 e. The first-order valence-electron chi connectivity index (χ1n) is 9.98. The summed E-state index contributed by atoms with van der Waals surface area (Å²) in [7, 11) is 0. The zero-order valence-electron chi connectivity index (χ0n) is 16.0. The molecular formula is C19H39IN4. The molecule has 1 aliphatic carbocycles. The topological polar surface area (TPSA) is 39.7 Å². The van der Waals surface area contributed by atoms with Gasteiger partial charge in [-0.2, -0.15) is 0 Å². The Hall–Kier alpha value is -0.0400. The molecule has 2 aliphatic rings. The van der Waals surface area contributed by atoms with Gasteiger partial charge >= 0.3 is 0 Å². The highest BCUT2D eigenvalue weighted by molar-refractivity contribution is 14.0. The van der Waals surface area contributed by atoms with Crippen molar-refractivity contribution in [3.05, 3.63) is 0 Å². The van der Waals surface area contributed by atoms with Crippen LogP contribution in [0.1, 0.15) is 72.1 Å². The van der Waals surface area contributed by atoms with E-state index in [2.05, 4.69) is 36.3 Å². The van der Waals surface area contributed by atoms with E-state index in [1.54, 1.807) is 0 Å². The predicted molar refractivity (Wildman–Crippen MR) is 115 cm³/mol. The fourth-order valence-corrected chi connectivity index (χ4v) is 3.94. The summed E-state index contributed by atoms with van der Waals surface area (Å²) in [5.74, 6) is 2.02. The fourth-order valence-electron chi connectivity index (χ4n) is 3.94. The maximum Gasteiger partial charge on any atom is 0.191 e. The molecule has 0 radical (unpaired) electrons. The molecule has 0 amide bonds. The van der Waals surface area contributed by atoms with Crippen molar-refractivity contribution in [3.63, 3.8) is 0 Å². The van der Waals surface area contributed by atoms with Gasteiger partial charge in [-0.3, -0.25) is 4.99 Å². The number of nitrogens with zero attached hydrogens (tertiary/aromatic N) is 2. The van der Waals surface area contributed by atoms with Gasteiger partial charge in [-0.25, -0.2) is 0 Å². The standard InChI is InChI=1S/C19H38N4.HI/c1-4-20-19(21-13-7-10-17-8-5-6-9-17)22-18-11-14-23(15-12-18)16(2)3;/h16-18H,4-15H2,1-3H3,(H2,20,21,22);1H. The SMILES string of the molecule is CCNC(=NCCCC1CCCC1)NC1CCN(C(C)C)CC1.I. The van der Waals surface area contributed by atoms with Gasteiger partial charge in [0.25, 0.3) is 0 Å². The van der Waals surface area contributed by atoms with Gasteiger partial charge in [0.15, 0.2) is 5.96 Å². The maximum absolute atomic E-state index is 4.80. The molecule has 142 valence electrons. The minimum absolute atomic E-state index is 0. The van der Waals surface area contributed by atoms with Gasteiger partial charge < -0.3 is 15.5 Å². The van der Waals surface area contributed by atoms with Crippen LogP contribution in [0.5, 0.6) is 0 Å². The van der Waals surface area contributed by atoms with E-state index in [4.69, 9.17) is 4.99 Å². The number of hydrogen-bond donors (Lipinski definition) is 2. The Bertz CT molecular complexity index is 345. The molecule has 5 heteroatoms. The van der Waals surface area contributed by atoms with Crippen LogP contribution in [0, 0.1) is 5.92 Å². The van der Waals surface area contributed by atoms with E-state index in [1.165, 1.54) is 64.5 Å². The lowest BCUT2D eigenvalue weighted by molar-refractivity contribution is 0.167. The molecule has 0 aromatic carbocycles. The van der Waals surface area contributed by atoms with Crippen LogP contribution in [-0.4, -0.2) is 49.1 Å². The average molecular weight is 450 g/mol. The molecule has 2 N–H and O–H groups in total. The Morgan fingerprint density at radius 1 is 1.12 bits per heavy atom. The molecule has 0 spiro atoms. The van der Waals surface area contributed by atoms with Crippen LogP contribution in [-0.2, 0) is 0 Å². The first kappa shape index (κ1) is 22.0. The molecule has 1 heterocycles. The summed E-state index contributed by atoms with van der Waals surface area (Å²) in [6, 6.07) is 1.26. The van der Waals surface area contributed by atoms with Gasteiger partial charge in [0, 0.05) is 38.3 Å². The third kappa shape index (κ3) is 7.89. The van der Waals surface area contributed by atoms with E-state index in [9.17, 15) is 0 Å². The van der Waals surface area contributed by atoms with Crippen LogP contribution < -0.4 is 10.6 Å². The lowest BCUT2D eigenvalue weighted by Crippen LogP contribution is -2.49. The molecule has 4 nitrogen and oxygen atoms in total. The zero-order chi connectivity index (χ0) is 16.5. The maximum atomic E-state index is 4.80. The zero-order valence-corrected chi connectivity index (χ0v) is 18.4. The predicted octanol–water partition coefficient (Wildman–Crippen LogP) is 4.00. The number of piperidine rings is 1. The third-order valence-electron chi connectivity index (χ3n) is 5.46. The second kappa shape index (κ2) is 12.3. The second-order valence-electron chi connectivity index (χ2n) is 7.60. The van der Waals surface area contributed by atoms with E-state index in [0.29, 0.717) is 12.1 Å². The summed E-state index contributed by atoms with van der Waals surface area (Å²) in [4.78, 5) is 7.38. The molecule has 0 aromatic rings. The highest BCUT2D eigenvalue weighted by Crippen LogP contribution is 2.28. The van der Waals surface area contributed by atoms with Crippen molar-refractivity contribution in [3.8, 4) is 0 Å². The molecular weight excluding hydrogens is 411 g/mol. The number of guanidine groups is 1. The van der Waals surface area contributed by atoms with E-state index >= 15 is 0 Å². The molecule has 0 unspecified atom stereocenters. The van der Waals surface area contributed by atoms with Crippen LogP contribution in [0.15, 0.2) is 4.99 Å². The summed E-state index contributed by atoms with van der Waals surface area (Å²) in [5, 5.41) is 7.07. The van der Waals surface area contributed by atoms with E-state index in [-0.39, 0.29) is 24.0 Å². The van der Waals surface area contributed by atoms with Gasteiger partial charge in [0.2, 0.25) is 0 Å². The number of likely N-dealkylation sites (tertiary alicyclic amines) is 1. The van der Waals surface area contributed by atoms with Crippen molar-refractivity contribution in [2.75, 3.05) is 26.2 Å². The molecule has 2 rings (SSSR count). The van der Waals surface area contributed by atoms with Crippen molar-refractivity contribution in [2.24, 2.45) is 10.9 Å². The molecule has 0 atom stereocenters. The molecule has 24 heavy (non-hydrogen) atoms. The van der Waals surface area contributed by atoms with Crippen molar-refractivity contribution >= 4 is 29.9 Å². The summed E-state index contributed by atoms with van der Waals surface area (Å²) >= 11 is 0. The average Bonchev–Trinajstić information content (AvgIpc) is 3.05. The van der Waals surface area contributed by atoms with Crippen molar-refractivity contribution in [2.45, 2.75) is 84.2 Å². The van der Waals surface area contributed by atoms with Crippen LogP contribution >= 0.6 is 24.0 Å². The Morgan fingerprint density at radius 3 is 2.38 bits per heavy atom. The second-order valence-corrected chi connectivity index (χ2v) is 7.60. The van der Waals surface area contributed by atoms with Gasteiger partial charge in [-0.1, -0.05) is 25.7 Å². The summed E-state index contributed by atoms with van der Waals surface area (Å²) in [6.07, 6.45) is 10.9. The summed E-state index contributed by atoms with van der Waals surface area (Å²) in [5.41, 5.74) is 0. The Kier molecular flexibility index (Phi) is 11.3. The van der Waals surface area contributed by atoms with Crippen LogP contribution in [0.3, 0.4) is 0 Å². The van der Waals surface area contributed by atoms with E-state index in [1.807, 2.05) is 0 Å². The van der Waals surface area contributed by atoms with Crippen molar-refractivity contribution in [1.29, 1.82) is 0 Å².